The van der Waals surface area contributed by atoms with E-state index in [0.29, 0.717) is 39.0 Å². The van der Waals surface area contributed by atoms with E-state index in [-0.39, 0.29) is 42.0 Å². The van der Waals surface area contributed by atoms with Crippen molar-refractivity contribution in [3.05, 3.63) is 18.1 Å². The third kappa shape index (κ3) is 3.40. The van der Waals surface area contributed by atoms with E-state index in [2.05, 4.69) is 15.3 Å². The molecule has 1 aliphatic carbocycles. The maximum absolute atomic E-state index is 13.9. The molecule has 2 unspecified atom stereocenters. The van der Waals surface area contributed by atoms with Crippen LogP contribution in [0.4, 0.5) is 19.0 Å². The van der Waals surface area contributed by atoms with Gasteiger partial charge in [-0.15, -0.1) is 0 Å². The number of piperazine rings is 1. The summed E-state index contributed by atoms with van der Waals surface area (Å²) >= 11 is 0. The quantitative estimate of drug-likeness (QED) is 0.625. The number of carbonyl (C=O) groups excluding carboxylic acids is 1. The number of nitrogens with zero attached hydrogens (tertiary/aromatic N) is 4. The lowest BCUT2D eigenvalue weighted by Gasteiger charge is -2.43. The zero-order valence-electron chi connectivity index (χ0n) is 20.4. The molecular weight excluding hydrogens is 479 g/mol. The Bertz CT molecular complexity index is 1040. The number of anilines is 1. The van der Waals surface area contributed by atoms with E-state index >= 15 is 0 Å². The van der Waals surface area contributed by atoms with Crippen molar-refractivity contribution in [1.82, 2.24) is 20.2 Å². The van der Waals surface area contributed by atoms with E-state index in [4.69, 9.17) is 9.47 Å². The Morgan fingerprint density at radius 1 is 1.31 bits per heavy atom. The van der Waals surface area contributed by atoms with Gasteiger partial charge in [-0.3, -0.25) is 4.79 Å². The van der Waals surface area contributed by atoms with E-state index in [1.807, 2.05) is 9.80 Å². The Morgan fingerprint density at radius 3 is 2.86 bits per heavy atom. The van der Waals surface area contributed by atoms with Crippen molar-refractivity contribution in [3.63, 3.8) is 0 Å². The average molecular weight is 512 g/mol. The number of carbonyl (C=O) groups is 1. The summed E-state index contributed by atoms with van der Waals surface area (Å²) in [6.45, 7) is 3.31. The molecule has 0 aromatic carbocycles. The number of hydrogen-bond acceptors (Lipinski definition) is 8. The summed E-state index contributed by atoms with van der Waals surface area (Å²) in [6, 6.07) is 0.181. The average Bonchev–Trinajstić information content (AvgIpc) is 3.60. The summed E-state index contributed by atoms with van der Waals surface area (Å²) in [5.74, 6) is 0.160. The van der Waals surface area contributed by atoms with Gasteiger partial charge in [0.1, 0.15) is 17.8 Å². The first-order valence-electron chi connectivity index (χ1n) is 12.6. The number of halogens is 3. The molecule has 9 nitrogen and oxygen atoms in total. The number of nitrogens with one attached hydrogen (secondary N) is 1. The van der Waals surface area contributed by atoms with Crippen LogP contribution in [0.1, 0.15) is 44.7 Å². The van der Waals surface area contributed by atoms with Crippen LogP contribution in [-0.2, 0) is 20.4 Å². The van der Waals surface area contributed by atoms with E-state index in [9.17, 15) is 23.1 Å². The highest BCUT2D eigenvalue weighted by Crippen LogP contribution is 2.60. The zero-order valence-corrected chi connectivity index (χ0v) is 20.4. The lowest BCUT2D eigenvalue weighted by atomic mass is 9.69. The summed E-state index contributed by atoms with van der Waals surface area (Å²) in [7, 11) is 1.67. The van der Waals surface area contributed by atoms with Gasteiger partial charge in [0.15, 0.2) is 0 Å². The number of aliphatic hydroxyl groups is 1. The lowest BCUT2D eigenvalue weighted by Crippen LogP contribution is -2.59. The van der Waals surface area contributed by atoms with Gasteiger partial charge in [0.05, 0.1) is 41.9 Å². The fourth-order valence-corrected chi connectivity index (χ4v) is 7.64. The van der Waals surface area contributed by atoms with Gasteiger partial charge < -0.3 is 29.7 Å². The molecular formula is C24H32F3N5O4. The number of methoxy groups -OCH3 is 1. The fourth-order valence-electron chi connectivity index (χ4n) is 7.64. The molecule has 4 saturated heterocycles. The van der Waals surface area contributed by atoms with Crippen molar-refractivity contribution >= 4 is 11.7 Å². The minimum atomic E-state index is -4.57. The van der Waals surface area contributed by atoms with Crippen LogP contribution in [0.15, 0.2) is 12.4 Å². The zero-order chi connectivity index (χ0) is 25.5. The first-order valence-corrected chi connectivity index (χ1v) is 12.6. The van der Waals surface area contributed by atoms with Gasteiger partial charge in [0, 0.05) is 38.4 Å². The minimum absolute atomic E-state index is 0.0251. The molecule has 1 aromatic rings. The second kappa shape index (κ2) is 8.24. The standard InChI is InChI=1S/C24H32F3N5O4/c1-22(34)20-16-7-14(10-31(16)19-8-18(24(25,26)27)28-12-29-19)32(20)21(33)23(22)5-3-13(9-23)30-15-4-6-36-11-17(15)35-2/h8,12-17,20,30,34H,3-7,9-11H2,1-2H3/t13-,14+,15+,16+,17-,20?,22?,23-/m1/s1. The Kier molecular flexibility index (Phi) is 5.57. The van der Waals surface area contributed by atoms with Crippen LogP contribution >= 0.6 is 0 Å². The lowest BCUT2D eigenvalue weighted by molar-refractivity contribution is -0.142. The summed E-state index contributed by atoms with van der Waals surface area (Å²) in [4.78, 5) is 25.0. The molecule has 2 N–H and O–H groups in total. The summed E-state index contributed by atoms with van der Waals surface area (Å²) in [5, 5.41) is 15.7. The number of alkyl halides is 3. The van der Waals surface area contributed by atoms with Gasteiger partial charge in [-0.1, -0.05) is 0 Å². The SMILES string of the molecule is CO[C@@H]1COCC[C@@H]1N[C@@H]1CC[C@@]2(C1)C(=O)N1C([C@@H]3C[C@H]1CN3c1cc(C(F)(F)F)ncn1)C2(C)O. The molecule has 198 valence electrons. The van der Waals surface area contributed by atoms with E-state index < -0.39 is 28.9 Å². The number of rotatable bonds is 4. The molecule has 36 heavy (non-hydrogen) atoms. The molecule has 5 fully saturated rings. The highest BCUT2D eigenvalue weighted by molar-refractivity contribution is 5.90. The maximum Gasteiger partial charge on any atom is 0.433 e. The number of amides is 1. The summed E-state index contributed by atoms with van der Waals surface area (Å²) in [5.41, 5.74) is -3.24. The molecule has 5 aliphatic rings. The van der Waals surface area contributed by atoms with Crippen LogP contribution in [0.3, 0.4) is 0 Å². The van der Waals surface area contributed by atoms with Crippen molar-refractivity contribution in [2.45, 2.75) is 87.1 Å². The van der Waals surface area contributed by atoms with Crippen LogP contribution < -0.4 is 10.2 Å². The van der Waals surface area contributed by atoms with Crippen LogP contribution in [-0.4, -0.2) is 94.7 Å². The molecule has 5 heterocycles. The first kappa shape index (κ1) is 24.3. The van der Waals surface area contributed by atoms with Crippen molar-refractivity contribution in [2.75, 3.05) is 31.8 Å². The van der Waals surface area contributed by atoms with Crippen molar-refractivity contribution in [3.8, 4) is 0 Å². The second-order valence-corrected chi connectivity index (χ2v) is 11.1. The molecule has 12 heteroatoms. The molecule has 8 atom stereocenters. The first-order chi connectivity index (χ1) is 17.1. The van der Waals surface area contributed by atoms with Gasteiger partial charge in [-0.05, 0) is 39.0 Å². The van der Waals surface area contributed by atoms with E-state index in [0.717, 1.165) is 25.2 Å². The van der Waals surface area contributed by atoms with Gasteiger partial charge in [-0.2, -0.15) is 13.2 Å². The van der Waals surface area contributed by atoms with Crippen molar-refractivity contribution in [1.29, 1.82) is 0 Å². The number of ether oxygens (including phenoxy) is 2. The largest absolute Gasteiger partial charge is 0.433 e. The van der Waals surface area contributed by atoms with Crippen LogP contribution in [0.25, 0.3) is 0 Å². The molecule has 0 radical (unpaired) electrons. The molecule has 4 aliphatic heterocycles. The van der Waals surface area contributed by atoms with Gasteiger partial charge in [-0.25, -0.2) is 9.97 Å². The molecule has 2 bridgehead atoms. The van der Waals surface area contributed by atoms with Crippen LogP contribution in [0.5, 0.6) is 0 Å². The Balaban J connectivity index is 1.24. The van der Waals surface area contributed by atoms with Gasteiger partial charge in [0.25, 0.3) is 0 Å². The molecule has 1 spiro atoms. The smallest absolute Gasteiger partial charge is 0.387 e. The van der Waals surface area contributed by atoms with Gasteiger partial charge in [0.2, 0.25) is 5.91 Å². The minimum Gasteiger partial charge on any atom is -0.387 e. The number of aromatic nitrogens is 2. The Labute approximate surface area is 207 Å². The highest BCUT2D eigenvalue weighted by atomic mass is 19.4. The van der Waals surface area contributed by atoms with E-state index in [1.165, 1.54) is 0 Å². The predicted octanol–water partition coefficient (Wildman–Crippen LogP) is 1.35. The highest BCUT2D eigenvalue weighted by Gasteiger charge is 2.74. The Hall–Kier alpha value is -2.02. The van der Waals surface area contributed by atoms with Crippen LogP contribution in [0.2, 0.25) is 0 Å². The number of hydrogen-bond donors (Lipinski definition) is 2. The third-order valence-electron chi connectivity index (χ3n) is 9.38. The van der Waals surface area contributed by atoms with Crippen LogP contribution in [0, 0.1) is 5.41 Å². The topological polar surface area (TPSA) is 100 Å². The van der Waals surface area contributed by atoms with Gasteiger partial charge >= 0.3 is 6.18 Å². The normalized spacial score (nSPS) is 42.1. The van der Waals surface area contributed by atoms with E-state index in [1.54, 1.807) is 14.0 Å². The van der Waals surface area contributed by atoms with Crippen molar-refractivity contribution in [2.24, 2.45) is 5.41 Å². The monoisotopic (exact) mass is 511 g/mol. The number of fused-ring (bicyclic) bond motifs is 5. The molecule has 6 rings (SSSR count). The second-order valence-electron chi connectivity index (χ2n) is 11.1. The molecule has 1 saturated carbocycles. The summed E-state index contributed by atoms with van der Waals surface area (Å²) in [6.07, 6.45) is -0.433. The third-order valence-corrected chi connectivity index (χ3v) is 9.38. The fraction of sp³-hybridized carbons (Fsp3) is 0.792. The summed E-state index contributed by atoms with van der Waals surface area (Å²) < 4.78 is 50.9. The Morgan fingerprint density at radius 2 is 2.11 bits per heavy atom. The maximum atomic E-state index is 13.9. The van der Waals surface area contributed by atoms with Crippen molar-refractivity contribution < 1.29 is 32.5 Å². The molecule has 1 aromatic heterocycles. The predicted molar refractivity (Wildman–Crippen MR) is 121 cm³/mol. The molecule has 1 amide bonds.